The molecule has 0 bridgehead atoms. The summed E-state index contributed by atoms with van der Waals surface area (Å²) in [7, 11) is 0. The fraction of sp³-hybridized carbons (Fsp3) is 0.562. The van der Waals surface area contributed by atoms with Gasteiger partial charge < -0.3 is 15.8 Å². The van der Waals surface area contributed by atoms with Gasteiger partial charge in [-0.05, 0) is 30.5 Å². The Labute approximate surface area is 137 Å². The Hall–Kier alpha value is -1.30. The summed E-state index contributed by atoms with van der Waals surface area (Å²) in [6.07, 6.45) is 1.93. The van der Waals surface area contributed by atoms with E-state index >= 15 is 0 Å². The number of rotatable bonds is 7. The zero-order chi connectivity index (χ0) is 15.6. The molecule has 0 unspecified atom stereocenters. The summed E-state index contributed by atoms with van der Waals surface area (Å²) >= 11 is 5.86. The van der Waals surface area contributed by atoms with Gasteiger partial charge in [-0.15, -0.1) is 0 Å². The van der Waals surface area contributed by atoms with Gasteiger partial charge in [-0.2, -0.15) is 0 Å². The number of hydrogen-bond donors (Lipinski definition) is 2. The van der Waals surface area contributed by atoms with Gasteiger partial charge in [0.05, 0.1) is 13.2 Å². The third kappa shape index (κ3) is 6.64. The van der Waals surface area contributed by atoms with Crippen LogP contribution in [0.2, 0.25) is 5.02 Å². The fourth-order valence-electron chi connectivity index (χ4n) is 2.36. The van der Waals surface area contributed by atoms with Gasteiger partial charge in [0.25, 0.3) is 0 Å². The highest BCUT2D eigenvalue weighted by atomic mass is 35.5. The van der Waals surface area contributed by atoms with Gasteiger partial charge >= 0.3 is 0 Å². The van der Waals surface area contributed by atoms with Crippen LogP contribution in [0.4, 0.5) is 0 Å². The number of nitrogens with zero attached hydrogens (tertiary/aromatic N) is 2. The number of halogens is 1. The molecule has 1 heterocycles. The van der Waals surface area contributed by atoms with Gasteiger partial charge in [-0.25, -0.2) is 0 Å². The largest absolute Gasteiger partial charge is 0.379 e. The highest BCUT2D eigenvalue weighted by Gasteiger charge is 2.08. The van der Waals surface area contributed by atoms with Crippen LogP contribution in [0.5, 0.6) is 0 Å². The first-order valence-corrected chi connectivity index (χ1v) is 8.20. The van der Waals surface area contributed by atoms with Crippen molar-refractivity contribution >= 4 is 17.6 Å². The third-order valence-corrected chi connectivity index (χ3v) is 3.90. The number of guanidine groups is 1. The van der Waals surface area contributed by atoms with Crippen LogP contribution in [0.15, 0.2) is 29.3 Å². The molecule has 3 N–H and O–H groups in total. The first-order chi connectivity index (χ1) is 10.7. The Kier molecular flexibility index (Phi) is 7.49. The molecule has 6 heteroatoms. The fourth-order valence-corrected chi connectivity index (χ4v) is 2.49. The normalized spacial score (nSPS) is 16.7. The number of nitrogens with one attached hydrogen (secondary N) is 1. The second-order valence-electron chi connectivity index (χ2n) is 5.38. The lowest BCUT2D eigenvalue weighted by Gasteiger charge is -2.26. The molecule has 2 rings (SSSR count). The predicted molar refractivity (Wildman–Crippen MR) is 91.5 cm³/mol. The maximum Gasteiger partial charge on any atom is 0.188 e. The van der Waals surface area contributed by atoms with Gasteiger partial charge in [0, 0.05) is 37.7 Å². The van der Waals surface area contributed by atoms with E-state index in [-0.39, 0.29) is 0 Å². The second-order valence-corrected chi connectivity index (χ2v) is 5.81. The molecular formula is C16H25ClN4O. The van der Waals surface area contributed by atoms with E-state index in [2.05, 4.69) is 15.2 Å². The van der Waals surface area contributed by atoms with Crippen LogP contribution in [0.1, 0.15) is 12.0 Å². The Morgan fingerprint density at radius 2 is 2.00 bits per heavy atom. The quantitative estimate of drug-likeness (QED) is 0.453. The molecule has 1 fully saturated rings. The average Bonchev–Trinajstić information content (AvgIpc) is 2.54. The van der Waals surface area contributed by atoms with E-state index in [9.17, 15) is 0 Å². The third-order valence-electron chi connectivity index (χ3n) is 3.65. The summed E-state index contributed by atoms with van der Waals surface area (Å²) in [5.41, 5.74) is 7.10. The molecule has 1 saturated heterocycles. The van der Waals surface area contributed by atoms with E-state index in [1.807, 2.05) is 24.3 Å². The van der Waals surface area contributed by atoms with E-state index in [4.69, 9.17) is 22.1 Å². The molecule has 0 atom stereocenters. The standard InChI is InChI=1S/C16H25ClN4O/c17-15-4-2-14(3-5-15)6-8-20-16(18)19-7-1-9-21-10-12-22-13-11-21/h2-5H,1,6-13H2,(H3,18,19,20). The van der Waals surface area contributed by atoms with Crippen LogP contribution in [0.3, 0.4) is 0 Å². The van der Waals surface area contributed by atoms with Crippen LogP contribution in [0.25, 0.3) is 0 Å². The van der Waals surface area contributed by atoms with Crippen molar-refractivity contribution in [3.05, 3.63) is 34.9 Å². The van der Waals surface area contributed by atoms with Crippen LogP contribution in [-0.2, 0) is 11.2 Å². The van der Waals surface area contributed by atoms with Gasteiger partial charge in [0.15, 0.2) is 5.96 Å². The zero-order valence-corrected chi connectivity index (χ0v) is 13.7. The lowest BCUT2D eigenvalue weighted by Crippen LogP contribution is -2.37. The highest BCUT2D eigenvalue weighted by molar-refractivity contribution is 6.30. The number of hydrogen-bond acceptors (Lipinski definition) is 3. The molecule has 1 aromatic rings. The molecular weight excluding hydrogens is 300 g/mol. The molecule has 122 valence electrons. The highest BCUT2D eigenvalue weighted by Crippen LogP contribution is 2.09. The number of ether oxygens (including phenoxy) is 1. The monoisotopic (exact) mass is 324 g/mol. The minimum Gasteiger partial charge on any atom is -0.379 e. The average molecular weight is 325 g/mol. The summed E-state index contributed by atoms with van der Waals surface area (Å²) in [6, 6.07) is 7.86. The van der Waals surface area contributed by atoms with E-state index in [0.29, 0.717) is 5.96 Å². The minimum atomic E-state index is 0.524. The molecule has 1 aliphatic heterocycles. The molecule has 5 nitrogen and oxygen atoms in total. The van der Waals surface area contributed by atoms with Crippen LogP contribution in [0, 0.1) is 0 Å². The Bertz CT molecular complexity index is 458. The molecule has 1 aromatic carbocycles. The number of aliphatic imine (C=N–C) groups is 1. The summed E-state index contributed by atoms with van der Waals surface area (Å²) in [5, 5.41) is 3.91. The predicted octanol–water partition coefficient (Wildman–Crippen LogP) is 1.51. The van der Waals surface area contributed by atoms with E-state index in [1.54, 1.807) is 0 Å². The first-order valence-electron chi connectivity index (χ1n) is 7.82. The lowest BCUT2D eigenvalue weighted by molar-refractivity contribution is 0.0377. The van der Waals surface area contributed by atoms with Gasteiger partial charge in [0.1, 0.15) is 0 Å². The summed E-state index contributed by atoms with van der Waals surface area (Å²) in [4.78, 5) is 6.76. The van der Waals surface area contributed by atoms with E-state index < -0.39 is 0 Å². The van der Waals surface area contributed by atoms with E-state index in [0.717, 1.165) is 63.8 Å². The van der Waals surface area contributed by atoms with Crippen molar-refractivity contribution in [2.75, 3.05) is 45.9 Å². The van der Waals surface area contributed by atoms with Gasteiger partial charge in [-0.3, -0.25) is 9.89 Å². The molecule has 0 radical (unpaired) electrons. The smallest absolute Gasteiger partial charge is 0.188 e. The SMILES string of the molecule is NC(=NCCCN1CCOCC1)NCCc1ccc(Cl)cc1. The summed E-state index contributed by atoms with van der Waals surface area (Å²) in [5.74, 6) is 0.524. The molecule has 1 aliphatic rings. The molecule has 0 aromatic heterocycles. The van der Waals surface area contributed by atoms with Crippen molar-refractivity contribution in [1.82, 2.24) is 10.2 Å². The van der Waals surface area contributed by atoms with Crippen molar-refractivity contribution < 1.29 is 4.74 Å². The number of morpholine rings is 1. The Morgan fingerprint density at radius 1 is 1.27 bits per heavy atom. The zero-order valence-electron chi connectivity index (χ0n) is 12.9. The van der Waals surface area contributed by atoms with Crippen molar-refractivity contribution in [3.63, 3.8) is 0 Å². The van der Waals surface area contributed by atoms with Crippen LogP contribution >= 0.6 is 11.6 Å². The Morgan fingerprint density at radius 3 is 2.73 bits per heavy atom. The summed E-state index contributed by atoms with van der Waals surface area (Å²) in [6.45, 7) is 6.34. The van der Waals surface area contributed by atoms with Crippen molar-refractivity contribution in [3.8, 4) is 0 Å². The summed E-state index contributed by atoms with van der Waals surface area (Å²) < 4.78 is 5.32. The van der Waals surface area contributed by atoms with Gasteiger partial charge in [-0.1, -0.05) is 23.7 Å². The number of benzene rings is 1. The molecule has 22 heavy (non-hydrogen) atoms. The van der Waals surface area contributed by atoms with Crippen LogP contribution in [-0.4, -0.2) is 56.8 Å². The minimum absolute atomic E-state index is 0.524. The second kappa shape index (κ2) is 9.66. The van der Waals surface area contributed by atoms with Crippen molar-refractivity contribution in [2.45, 2.75) is 12.8 Å². The Balaban J connectivity index is 1.56. The van der Waals surface area contributed by atoms with Crippen LogP contribution < -0.4 is 11.1 Å². The lowest BCUT2D eigenvalue weighted by atomic mass is 10.1. The maximum absolute atomic E-state index is 5.87. The molecule has 0 spiro atoms. The van der Waals surface area contributed by atoms with Crippen molar-refractivity contribution in [2.24, 2.45) is 10.7 Å². The molecule has 0 saturated carbocycles. The maximum atomic E-state index is 5.87. The van der Waals surface area contributed by atoms with Gasteiger partial charge in [0.2, 0.25) is 0 Å². The first kappa shape index (κ1) is 17.1. The number of nitrogens with two attached hydrogens (primary N) is 1. The van der Waals surface area contributed by atoms with Crippen molar-refractivity contribution in [1.29, 1.82) is 0 Å². The topological polar surface area (TPSA) is 62.9 Å². The van der Waals surface area contributed by atoms with E-state index in [1.165, 1.54) is 5.56 Å². The molecule has 0 amide bonds. The molecule has 0 aliphatic carbocycles.